The number of amides is 1. The molecule has 0 aliphatic heterocycles. The number of benzene rings is 1. The lowest BCUT2D eigenvalue weighted by Crippen LogP contribution is -2.32. The highest BCUT2D eigenvalue weighted by Gasteiger charge is 2.37. The zero-order chi connectivity index (χ0) is 21.0. The summed E-state index contributed by atoms with van der Waals surface area (Å²) in [4.78, 5) is 20.2. The van der Waals surface area contributed by atoms with Crippen molar-refractivity contribution in [2.45, 2.75) is 18.9 Å². The van der Waals surface area contributed by atoms with Crippen molar-refractivity contribution in [3.8, 4) is 0 Å². The fourth-order valence-corrected chi connectivity index (χ4v) is 2.75. The van der Waals surface area contributed by atoms with Crippen LogP contribution >= 0.6 is 0 Å². The number of carbonyl (C=O) groups is 1. The van der Waals surface area contributed by atoms with Crippen molar-refractivity contribution in [2.75, 3.05) is 0 Å². The summed E-state index contributed by atoms with van der Waals surface area (Å²) in [6.07, 6.45) is -2.27. The number of carbonyl (C=O) groups excluding carboxylic acids is 1. The van der Waals surface area contributed by atoms with Crippen LogP contribution in [0.2, 0.25) is 0 Å². The number of aromatic nitrogens is 2. The number of pyridine rings is 2. The highest BCUT2D eigenvalue weighted by atomic mass is 19.4. The van der Waals surface area contributed by atoms with Crippen molar-refractivity contribution in [2.24, 2.45) is 0 Å². The second kappa shape index (κ2) is 8.34. The molecule has 3 rings (SSSR count). The van der Waals surface area contributed by atoms with Crippen molar-refractivity contribution in [3.05, 3.63) is 94.8 Å². The molecule has 0 bridgehead atoms. The van der Waals surface area contributed by atoms with Crippen LogP contribution in [0.4, 0.5) is 22.0 Å². The fraction of sp³-hybridized carbons (Fsp3) is 0.150. The predicted octanol–water partition coefficient (Wildman–Crippen LogP) is 4.62. The van der Waals surface area contributed by atoms with E-state index in [1.54, 1.807) is 6.07 Å². The van der Waals surface area contributed by atoms with E-state index in [4.69, 9.17) is 0 Å². The molecule has 4 nitrogen and oxygen atoms in total. The highest BCUT2D eigenvalue weighted by molar-refractivity contribution is 5.92. The molecule has 0 radical (unpaired) electrons. The Morgan fingerprint density at radius 2 is 1.79 bits per heavy atom. The van der Waals surface area contributed by atoms with Crippen LogP contribution < -0.4 is 5.32 Å². The number of alkyl halides is 4. The van der Waals surface area contributed by atoms with Gasteiger partial charge in [0.15, 0.2) is 0 Å². The normalized spacial score (nSPS) is 12.4. The molecule has 1 atom stereocenters. The van der Waals surface area contributed by atoms with Crippen LogP contribution in [0.3, 0.4) is 0 Å². The van der Waals surface area contributed by atoms with E-state index in [2.05, 4.69) is 15.3 Å². The number of hydrogen-bond donors (Lipinski definition) is 1. The first kappa shape index (κ1) is 20.4. The van der Waals surface area contributed by atoms with Crippen LogP contribution in [-0.2, 0) is 12.9 Å². The van der Waals surface area contributed by atoms with Gasteiger partial charge in [0.2, 0.25) is 0 Å². The maximum absolute atomic E-state index is 14.1. The largest absolute Gasteiger partial charge is 0.418 e. The molecule has 0 aliphatic carbocycles. The van der Waals surface area contributed by atoms with Crippen molar-refractivity contribution in [3.63, 3.8) is 0 Å². The second-order valence-electron chi connectivity index (χ2n) is 6.04. The smallest absolute Gasteiger partial charge is 0.338 e. The lowest BCUT2D eigenvalue weighted by molar-refractivity contribution is -0.138. The molecular formula is C20H14F5N3O. The van der Waals surface area contributed by atoms with Gasteiger partial charge < -0.3 is 5.32 Å². The third-order valence-electron chi connectivity index (χ3n) is 4.14. The van der Waals surface area contributed by atoms with Gasteiger partial charge in [0.1, 0.15) is 18.2 Å². The summed E-state index contributed by atoms with van der Waals surface area (Å²) < 4.78 is 67.4. The number of hydrogen-bond acceptors (Lipinski definition) is 3. The molecule has 0 saturated carbocycles. The summed E-state index contributed by atoms with van der Waals surface area (Å²) in [6.45, 7) is -1.07. The SMILES string of the molecule is O=C(N[C@@H](c1ccc(CF)c(F)c1)c1ncccc1C(F)(F)F)c1ccccn1. The van der Waals surface area contributed by atoms with Gasteiger partial charge in [-0.15, -0.1) is 0 Å². The number of rotatable bonds is 5. The monoisotopic (exact) mass is 407 g/mol. The van der Waals surface area contributed by atoms with E-state index in [-0.39, 0.29) is 16.8 Å². The molecule has 2 heterocycles. The standard InChI is InChI=1S/C20H14F5N3O/c21-11-13-7-6-12(10-15(13)22)17(28-19(29)16-5-1-2-8-26-16)18-14(20(23,24)25)4-3-9-27-18/h1-10,17H,11H2,(H,28,29)/t17-/m0/s1. The summed E-state index contributed by atoms with van der Waals surface area (Å²) in [5.41, 5.74) is -1.91. The maximum atomic E-state index is 14.1. The van der Waals surface area contributed by atoms with E-state index < -0.39 is 41.9 Å². The summed E-state index contributed by atoms with van der Waals surface area (Å²) in [6, 6.07) is 8.21. The minimum absolute atomic E-state index is 0.0202. The van der Waals surface area contributed by atoms with E-state index in [9.17, 15) is 26.7 Å². The minimum Gasteiger partial charge on any atom is -0.338 e. The Labute approximate surface area is 162 Å². The van der Waals surface area contributed by atoms with Crippen molar-refractivity contribution in [1.82, 2.24) is 15.3 Å². The predicted molar refractivity (Wildman–Crippen MR) is 94.0 cm³/mol. The molecule has 1 N–H and O–H groups in total. The van der Waals surface area contributed by atoms with E-state index in [1.807, 2.05) is 0 Å². The fourth-order valence-electron chi connectivity index (χ4n) is 2.75. The molecule has 2 aromatic heterocycles. The average Bonchev–Trinajstić information content (AvgIpc) is 2.72. The molecule has 0 aliphatic rings. The van der Waals surface area contributed by atoms with Gasteiger partial charge in [0.25, 0.3) is 5.91 Å². The highest BCUT2D eigenvalue weighted by Crippen LogP contribution is 2.35. The Morgan fingerprint density at radius 3 is 2.41 bits per heavy atom. The Hall–Kier alpha value is -3.36. The molecular weight excluding hydrogens is 393 g/mol. The summed E-state index contributed by atoms with van der Waals surface area (Å²) >= 11 is 0. The van der Waals surface area contributed by atoms with Gasteiger partial charge in [-0.3, -0.25) is 14.8 Å². The Balaban J connectivity index is 2.10. The second-order valence-corrected chi connectivity index (χ2v) is 6.04. The molecule has 3 aromatic rings. The lowest BCUT2D eigenvalue weighted by Gasteiger charge is -2.22. The Kier molecular flexibility index (Phi) is 5.86. The average molecular weight is 407 g/mol. The molecule has 0 fully saturated rings. The van der Waals surface area contributed by atoms with Gasteiger partial charge in [-0.2, -0.15) is 13.2 Å². The quantitative estimate of drug-likeness (QED) is 0.628. The van der Waals surface area contributed by atoms with Crippen molar-refractivity contribution >= 4 is 5.91 Å². The van der Waals surface area contributed by atoms with Crippen LogP contribution in [-0.4, -0.2) is 15.9 Å². The van der Waals surface area contributed by atoms with E-state index >= 15 is 0 Å². The van der Waals surface area contributed by atoms with Gasteiger partial charge in [0, 0.05) is 18.0 Å². The first-order valence-electron chi connectivity index (χ1n) is 8.39. The van der Waals surface area contributed by atoms with Crippen LogP contribution in [0, 0.1) is 5.82 Å². The van der Waals surface area contributed by atoms with Crippen LogP contribution in [0.25, 0.3) is 0 Å². The zero-order valence-electron chi connectivity index (χ0n) is 14.8. The zero-order valence-corrected chi connectivity index (χ0v) is 14.8. The summed E-state index contributed by atoms with van der Waals surface area (Å²) in [7, 11) is 0. The first-order valence-corrected chi connectivity index (χ1v) is 8.39. The van der Waals surface area contributed by atoms with Gasteiger partial charge in [-0.25, -0.2) is 8.78 Å². The van der Waals surface area contributed by atoms with Gasteiger partial charge >= 0.3 is 6.18 Å². The summed E-state index contributed by atoms with van der Waals surface area (Å²) in [5.74, 6) is -1.71. The molecule has 0 saturated heterocycles. The third-order valence-corrected chi connectivity index (χ3v) is 4.14. The van der Waals surface area contributed by atoms with Gasteiger partial charge in [-0.1, -0.05) is 18.2 Å². The first-order chi connectivity index (χ1) is 13.8. The van der Waals surface area contributed by atoms with Gasteiger partial charge in [0.05, 0.1) is 17.3 Å². The third kappa shape index (κ3) is 4.56. The molecule has 9 heteroatoms. The van der Waals surface area contributed by atoms with E-state index in [1.165, 1.54) is 24.4 Å². The Morgan fingerprint density at radius 1 is 1.03 bits per heavy atom. The number of nitrogens with one attached hydrogen (secondary N) is 1. The summed E-state index contributed by atoms with van der Waals surface area (Å²) in [5, 5.41) is 2.42. The Bertz CT molecular complexity index is 1010. The topological polar surface area (TPSA) is 54.9 Å². The van der Waals surface area contributed by atoms with Gasteiger partial charge in [-0.05, 0) is 35.9 Å². The lowest BCUT2D eigenvalue weighted by atomic mass is 9.97. The molecule has 0 spiro atoms. The van der Waals surface area contributed by atoms with Crippen molar-refractivity contribution in [1.29, 1.82) is 0 Å². The van der Waals surface area contributed by atoms with Crippen LogP contribution in [0.15, 0.2) is 60.9 Å². The molecule has 29 heavy (non-hydrogen) atoms. The maximum Gasteiger partial charge on any atom is 0.418 e. The van der Waals surface area contributed by atoms with E-state index in [0.717, 1.165) is 30.5 Å². The molecule has 150 valence electrons. The van der Waals surface area contributed by atoms with Crippen LogP contribution in [0.1, 0.15) is 38.9 Å². The van der Waals surface area contributed by atoms with Crippen molar-refractivity contribution < 1.29 is 26.7 Å². The number of nitrogens with zero attached hydrogens (tertiary/aromatic N) is 2. The molecule has 0 unspecified atom stereocenters. The number of halogens is 5. The van der Waals surface area contributed by atoms with E-state index in [0.29, 0.717) is 0 Å². The molecule has 1 aromatic carbocycles. The van der Waals surface area contributed by atoms with Crippen LogP contribution in [0.5, 0.6) is 0 Å². The molecule has 1 amide bonds. The minimum atomic E-state index is -4.75.